The number of hydrogen-bond acceptors (Lipinski definition) is 8. The van der Waals surface area contributed by atoms with E-state index in [1.807, 2.05) is 20.8 Å². The third-order valence-corrected chi connectivity index (χ3v) is 6.93. The number of amides is 1. The number of carbonyl (C=O) groups is 2. The maximum Gasteiger partial charge on any atom is 0.355 e. The molecule has 130 valence electrons. The van der Waals surface area contributed by atoms with Crippen LogP contribution in [0.15, 0.2) is 27.2 Å². The van der Waals surface area contributed by atoms with Crippen LogP contribution in [-0.4, -0.2) is 50.3 Å². The van der Waals surface area contributed by atoms with E-state index >= 15 is 0 Å². The highest BCUT2D eigenvalue weighted by Gasteiger charge is 2.52. The summed E-state index contributed by atoms with van der Waals surface area (Å²) >= 11 is 4.76. The highest BCUT2D eigenvalue weighted by atomic mass is 32.2. The Morgan fingerprint density at radius 1 is 1.54 bits per heavy atom. The van der Waals surface area contributed by atoms with Crippen LogP contribution in [0.25, 0.3) is 0 Å². The average molecular weight is 386 g/mol. The first kappa shape index (κ1) is 17.8. The first-order chi connectivity index (χ1) is 11.3. The van der Waals surface area contributed by atoms with Gasteiger partial charge in [-0.15, -0.1) is 34.9 Å². The van der Waals surface area contributed by atoms with Gasteiger partial charge in [0.05, 0.1) is 15.9 Å². The summed E-state index contributed by atoms with van der Waals surface area (Å²) in [6, 6.07) is -0.539. The molecule has 0 spiro atoms. The van der Waals surface area contributed by atoms with E-state index in [1.54, 1.807) is 46.6 Å². The molecule has 0 saturated carbocycles. The van der Waals surface area contributed by atoms with Crippen LogP contribution >= 0.6 is 34.9 Å². The SMILES string of the molecule is CC(C)(C)OC(=O)C1=C(CSc2cncs2)CS[C@H]2C(N)C(=O)N12. The zero-order valence-electron chi connectivity index (χ0n) is 13.6. The van der Waals surface area contributed by atoms with Gasteiger partial charge in [0.25, 0.3) is 0 Å². The molecular formula is C15H19N3O3S3. The lowest BCUT2D eigenvalue weighted by molar-refractivity contribution is -0.157. The molecule has 1 unspecified atom stereocenters. The average Bonchev–Trinajstić information content (AvgIpc) is 3.02. The van der Waals surface area contributed by atoms with Crippen molar-refractivity contribution in [2.75, 3.05) is 11.5 Å². The lowest BCUT2D eigenvalue weighted by atomic mass is 10.0. The molecule has 1 amide bonds. The number of hydrogen-bond donors (Lipinski definition) is 1. The van der Waals surface area contributed by atoms with E-state index in [4.69, 9.17) is 10.5 Å². The second kappa shape index (κ2) is 6.70. The second-order valence-corrected chi connectivity index (χ2v) is 9.77. The van der Waals surface area contributed by atoms with Crippen LogP contribution in [0, 0.1) is 0 Å². The van der Waals surface area contributed by atoms with Gasteiger partial charge in [-0.05, 0) is 26.3 Å². The molecule has 1 fully saturated rings. The Balaban J connectivity index is 1.86. The number of carbonyl (C=O) groups excluding carboxylic acids is 2. The largest absolute Gasteiger partial charge is 0.455 e. The summed E-state index contributed by atoms with van der Waals surface area (Å²) in [6.45, 7) is 5.45. The van der Waals surface area contributed by atoms with Gasteiger partial charge in [0.2, 0.25) is 5.91 Å². The van der Waals surface area contributed by atoms with Gasteiger partial charge in [0, 0.05) is 11.5 Å². The lowest BCUT2D eigenvalue weighted by Crippen LogP contribution is -2.68. The smallest absolute Gasteiger partial charge is 0.355 e. The molecule has 2 aliphatic heterocycles. The van der Waals surface area contributed by atoms with Crippen molar-refractivity contribution >= 4 is 46.7 Å². The van der Waals surface area contributed by atoms with Gasteiger partial charge >= 0.3 is 5.97 Å². The van der Waals surface area contributed by atoms with Crippen molar-refractivity contribution in [2.24, 2.45) is 5.73 Å². The van der Waals surface area contributed by atoms with Crippen molar-refractivity contribution in [2.45, 2.75) is 42.0 Å². The summed E-state index contributed by atoms with van der Waals surface area (Å²) in [5.74, 6) is 0.624. The van der Waals surface area contributed by atoms with Gasteiger partial charge in [-0.1, -0.05) is 0 Å². The van der Waals surface area contributed by atoms with Crippen molar-refractivity contribution < 1.29 is 14.3 Å². The fourth-order valence-corrected chi connectivity index (χ4v) is 5.48. The maximum atomic E-state index is 12.7. The van der Waals surface area contributed by atoms with E-state index in [-0.39, 0.29) is 11.3 Å². The molecule has 3 rings (SSSR count). The summed E-state index contributed by atoms with van der Waals surface area (Å²) in [7, 11) is 0. The monoisotopic (exact) mass is 385 g/mol. The molecule has 1 aromatic rings. The number of thioether (sulfide) groups is 2. The van der Waals surface area contributed by atoms with E-state index in [2.05, 4.69) is 4.98 Å². The zero-order chi connectivity index (χ0) is 17.5. The molecule has 0 aromatic carbocycles. The van der Waals surface area contributed by atoms with Crippen LogP contribution < -0.4 is 5.73 Å². The Morgan fingerprint density at radius 2 is 2.29 bits per heavy atom. The number of aromatic nitrogens is 1. The minimum atomic E-state index is -0.615. The zero-order valence-corrected chi connectivity index (χ0v) is 16.1. The summed E-state index contributed by atoms with van der Waals surface area (Å²) in [5, 5.41) is -0.169. The summed E-state index contributed by atoms with van der Waals surface area (Å²) in [4.78, 5) is 30.4. The quantitative estimate of drug-likeness (QED) is 0.482. The number of ether oxygens (including phenoxy) is 1. The lowest BCUT2D eigenvalue weighted by Gasteiger charge is -2.48. The van der Waals surface area contributed by atoms with Crippen LogP contribution in [-0.2, 0) is 14.3 Å². The Hall–Kier alpha value is -1.03. The summed E-state index contributed by atoms with van der Waals surface area (Å²) in [5.41, 5.74) is 8.30. The number of nitrogens with zero attached hydrogens (tertiary/aromatic N) is 2. The highest BCUT2D eigenvalue weighted by Crippen LogP contribution is 2.41. The van der Waals surface area contributed by atoms with Crippen molar-refractivity contribution in [3.8, 4) is 0 Å². The van der Waals surface area contributed by atoms with Gasteiger partial charge in [0.1, 0.15) is 22.7 Å². The van der Waals surface area contributed by atoms with Crippen LogP contribution in [0.2, 0.25) is 0 Å². The molecule has 3 heterocycles. The van der Waals surface area contributed by atoms with E-state index in [0.29, 0.717) is 17.2 Å². The van der Waals surface area contributed by atoms with Crippen LogP contribution in [0.5, 0.6) is 0 Å². The van der Waals surface area contributed by atoms with Gasteiger partial charge in [0.15, 0.2) is 0 Å². The minimum Gasteiger partial charge on any atom is -0.455 e. The number of rotatable bonds is 4. The molecule has 6 nitrogen and oxygen atoms in total. The van der Waals surface area contributed by atoms with Crippen molar-refractivity contribution in [1.82, 2.24) is 9.88 Å². The molecule has 0 aliphatic carbocycles. The number of thiazole rings is 1. The molecular weight excluding hydrogens is 366 g/mol. The Bertz CT molecular complexity index is 682. The topological polar surface area (TPSA) is 85.5 Å². The predicted molar refractivity (Wildman–Crippen MR) is 96.8 cm³/mol. The molecule has 1 aromatic heterocycles. The van der Waals surface area contributed by atoms with Crippen molar-refractivity contribution in [3.63, 3.8) is 0 Å². The Morgan fingerprint density at radius 3 is 2.92 bits per heavy atom. The van der Waals surface area contributed by atoms with Gasteiger partial charge in [-0.3, -0.25) is 14.7 Å². The second-order valence-electron chi connectivity index (χ2n) is 6.50. The van der Waals surface area contributed by atoms with E-state index in [0.717, 1.165) is 9.78 Å². The normalized spacial score (nSPS) is 23.8. The third kappa shape index (κ3) is 3.49. The predicted octanol–water partition coefficient (Wildman–Crippen LogP) is 2.07. The van der Waals surface area contributed by atoms with Gasteiger partial charge in [-0.2, -0.15) is 0 Å². The maximum absolute atomic E-state index is 12.7. The minimum absolute atomic E-state index is 0.169. The van der Waals surface area contributed by atoms with E-state index < -0.39 is 17.6 Å². The van der Waals surface area contributed by atoms with Crippen LogP contribution in [0.3, 0.4) is 0 Å². The third-order valence-electron chi connectivity index (χ3n) is 3.48. The summed E-state index contributed by atoms with van der Waals surface area (Å²) in [6.07, 6.45) is 1.80. The molecule has 1 saturated heterocycles. The van der Waals surface area contributed by atoms with Gasteiger partial charge < -0.3 is 10.5 Å². The Labute approximate surface area is 153 Å². The molecule has 2 atom stereocenters. The van der Waals surface area contributed by atoms with Crippen LogP contribution in [0.1, 0.15) is 20.8 Å². The number of nitrogens with two attached hydrogens (primary N) is 1. The molecule has 0 bridgehead atoms. The molecule has 2 N–H and O–H groups in total. The molecule has 9 heteroatoms. The number of fused-ring (bicyclic) bond motifs is 1. The fourth-order valence-electron chi connectivity index (χ4n) is 2.44. The standard InChI is InChI=1S/C15H19N3O3S3/c1-15(2,3)21-14(20)11-8(5-22-9-4-17-7-24-9)6-23-13-10(16)12(19)18(11)13/h4,7,10,13H,5-6,16H2,1-3H3/t10?,13-/m0/s1. The fraction of sp³-hybridized carbons (Fsp3) is 0.533. The number of esters is 1. The molecule has 2 aliphatic rings. The van der Waals surface area contributed by atoms with Crippen molar-refractivity contribution in [3.05, 3.63) is 23.0 Å². The molecule has 24 heavy (non-hydrogen) atoms. The first-order valence-electron chi connectivity index (χ1n) is 7.45. The van der Waals surface area contributed by atoms with Gasteiger partial charge in [-0.25, -0.2) is 4.79 Å². The number of β-lactam (4-membered cyclic amide) rings is 1. The Kier molecular flexibility index (Phi) is 4.96. The first-order valence-corrected chi connectivity index (χ1v) is 10.4. The van der Waals surface area contributed by atoms with Crippen LogP contribution in [0.4, 0.5) is 0 Å². The van der Waals surface area contributed by atoms with E-state index in [1.165, 1.54) is 4.90 Å². The van der Waals surface area contributed by atoms with E-state index in [9.17, 15) is 9.59 Å². The summed E-state index contributed by atoms with van der Waals surface area (Å²) < 4.78 is 6.59. The van der Waals surface area contributed by atoms with Crippen molar-refractivity contribution in [1.29, 1.82) is 0 Å². The molecule has 0 radical (unpaired) electrons. The highest BCUT2D eigenvalue weighted by molar-refractivity contribution is 8.02.